The van der Waals surface area contributed by atoms with Crippen LogP contribution >= 0.6 is 0 Å². The van der Waals surface area contributed by atoms with E-state index in [1.54, 1.807) is 14.2 Å². The summed E-state index contributed by atoms with van der Waals surface area (Å²) in [6.07, 6.45) is -0.0696. The van der Waals surface area contributed by atoms with Crippen LogP contribution < -0.4 is 4.74 Å². The van der Waals surface area contributed by atoms with Crippen LogP contribution in [0.15, 0.2) is 18.2 Å². The highest BCUT2D eigenvalue weighted by molar-refractivity contribution is 5.38. The molecule has 0 fully saturated rings. The van der Waals surface area contributed by atoms with Crippen molar-refractivity contribution in [3.63, 3.8) is 0 Å². The number of benzene rings is 1. The van der Waals surface area contributed by atoms with E-state index >= 15 is 0 Å². The Balaban J connectivity index is 3.13. The highest BCUT2D eigenvalue weighted by Gasteiger charge is 2.17. The first-order valence-electron chi connectivity index (χ1n) is 4.94. The summed E-state index contributed by atoms with van der Waals surface area (Å²) in [5.41, 5.74) is 2.26. The molecule has 1 rings (SSSR count). The zero-order valence-electron chi connectivity index (χ0n) is 10.1. The molecule has 1 aromatic rings. The van der Waals surface area contributed by atoms with Gasteiger partial charge in [0.05, 0.1) is 7.11 Å². The third kappa shape index (κ3) is 2.70. The van der Waals surface area contributed by atoms with Gasteiger partial charge < -0.3 is 9.47 Å². The van der Waals surface area contributed by atoms with E-state index in [-0.39, 0.29) is 6.23 Å². The Bertz CT molecular complexity index is 323. The standard InChI is InChI=1S/C12H19NO2/c1-9-6-7-11(14-4)10(8-9)12(15-5)13(2)3/h6-8,12H,1-5H3. The number of hydrogen-bond donors (Lipinski definition) is 0. The van der Waals surface area contributed by atoms with E-state index < -0.39 is 0 Å². The van der Waals surface area contributed by atoms with E-state index in [4.69, 9.17) is 9.47 Å². The van der Waals surface area contributed by atoms with Crippen molar-refractivity contribution in [1.82, 2.24) is 4.90 Å². The third-order valence-corrected chi connectivity index (χ3v) is 2.34. The molecule has 0 saturated carbocycles. The van der Waals surface area contributed by atoms with Crippen LogP contribution in [0.5, 0.6) is 5.75 Å². The monoisotopic (exact) mass is 209 g/mol. The van der Waals surface area contributed by atoms with Crippen molar-refractivity contribution in [3.8, 4) is 5.75 Å². The minimum absolute atomic E-state index is 0.0696. The molecule has 1 unspecified atom stereocenters. The van der Waals surface area contributed by atoms with Crippen LogP contribution in [-0.2, 0) is 4.74 Å². The second kappa shape index (κ2) is 5.14. The summed E-state index contributed by atoms with van der Waals surface area (Å²) in [5, 5.41) is 0. The Morgan fingerprint density at radius 3 is 2.33 bits per heavy atom. The van der Waals surface area contributed by atoms with Crippen molar-refractivity contribution < 1.29 is 9.47 Å². The topological polar surface area (TPSA) is 21.7 Å². The fourth-order valence-electron chi connectivity index (χ4n) is 1.66. The molecular formula is C12H19NO2. The van der Waals surface area contributed by atoms with E-state index in [1.165, 1.54) is 5.56 Å². The van der Waals surface area contributed by atoms with Crippen LogP contribution in [0.3, 0.4) is 0 Å². The van der Waals surface area contributed by atoms with E-state index in [1.807, 2.05) is 31.1 Å². The van der Waals surface area contributed by atoms with Crippen molar-refractivity contribution >= 4 is 0 Å². The lowest BCUT2D eigenvalue weighted by Gasteiger charge is -2.24. The molecule has 0 aliphatic rings. The van der Waals surface area contributed by atoms with Gasteiger partial charge in [-0.15, -0.1) is 0 Å². The molecular weight excluding hydrogens is 190 g/mol. The minimum atomic E-state index is -0.0696. The van der Waals surface area contributed by atoms with Gasteiger partial charge >= 0.3 is 0 Å². The van der Waals surface area contributed by atoms with Gasteiger partial charge in [-0.1, -0.05) is 11.6 Å². The molecule has 3 heteroatoms. The molecule has 0 aliphatic heterocycles. The summed E-state index contributed by atoms with van der Waals surface area (Å²) in [4.78, 5) is 2.01. The van der Waals surface area contributed by atoms with Gasteiger partial charge in [-0.3, -0.25) is 4.90 Å². The lowest BCUT2D eigenvalue weighted by Crippen LogP contribution is -2.22. The van der Waals surface area contributed by atoms with Gasteiger partial charge in [0.2, 0.25) is 0 Å². The number of aryl methyl sites for hydroxylation is 1. The largest absolute Gasteiger partial charge is 0.496 e. The summed E-state index contributed by atoms with van der Waals surface area (Å²) < 4.78 is 10.8. The molecule has 15 heavy (non-hydrogen) atoms. The minimum Gasteiger partial charge on any atom is -0.496 e. The molecule has 1 aromatic carbocycles. The normalized spacial score (nSPS) is 12.9. The number of nitrogens with zero attached hydrogens (tertiary/aromatic N) is 1. The maximum absolute atomic E-state index is 5.44. The van der Waals surface area contributed by atoms with Gasteiger partial charge in [0.15, 0.2) is 0 Å². The molecule has 0 aliphatic carbocycles. The SMILES string of the molecule is COc1ccc(C)cc1C(OC)N(C)C. The van der Waals surface area contributed by atoms with Crippen LogP contribution in [0.2, 0.25) is 0 Å². The Labute approximate surface area is 91.6 Å². The van der Waals surface area contributed by atoms with Gasteiger partial charge in [0, 0.05) is 12.7 Å². The lowest BCUT2D eigenvalue weighted by molar-refractivity contribution is -0.00697. The maximum Gasteiger partial charge on any atom is 0.139 e. The van der Waals surface area contributed by atoms with Crippen molar-refractivity contribution in [2.75, 3.05) is 28.3 Å². The molecule has 0 radical (unpaired) electrons. The van der Waals surface area contributed by atoms with Crippen molar-refractivity contribution in [2.45, 2.75) is 13.2 Å². The summed E-state index contributed by atoms with van der Waals surface area (Å²) in [6.45, 7) is 2.06. The smallest absolute Gasteiger partial charge is 0.139 e. The zero-order valence-corrected chi connectivity index (χ0v) is 10.1. The van der Waals surface area contributed by atoms with E-state index in [9.17, 15) is 0 Å². The van der Waals surface area contributed by atoms with E-state index in [2.05, 4.69) is 13.0 Å². The highest BCUT2D eigenvalue weighted by atomic mass is 16.5. The average Bonchev–Trinajstić information content (AvgIpc) is 2.18. The summed E-state index contributed by atoms with van der Waals surface area (Å²) in [6, 6.07) is 6.10. The van der Waals surface area contributed by atoms with Crippen LogP contribution in [-0.4, -0.2) is 33.2 Å². The molecule has 0 amide bonds. The molecule has 1 atom stereocenters. The molecule has 3 nitrogen and oxygen atoms in total. The Hall–Kier alpha value is -1.06. The number of rotatable bonds is 4. The predicted molar refractivity (Wildman–Crippen MR) is 61.2 cm³/mol. The number of hydrogen-bond acceptors (Lipinski definition) is 3. The first-order valence-corrected chi connectivity index (χ1v) is 4.94. The second-order valence-corrected chi connectivity index (χ2v) is 3.80. The van der Waals surface area contributed by atoms with Gasteiger partial charge in [0.25, 0.3) is 0 Å². The average molecular weight is 209 g/mol. The van der Waals surface area contributed by atoms with Crippen LogP contribution in [0.25, 0.3) is 0 Å². The Morgan fingerprint density at radius 1 is 1.20 bits per heavy atom. The van der Waals surface area contributed by atoms with Gasteiger partial charge in [-0.2, -0.15) is 0 Å². The second-order valence-electron chi connectivity index (χ2n) is 3.80. The third-order valence-electron chi connectivity index (χ3n) is 2.34. The van der Waals surface area contributed by atoms with E-state index in [0.717, 1.165) is 11.3 Å². The summed E-state index contributed by atoms with van der Waals surface area (Å²) in [5.74, 6) is 0.862. The molecule has 0 heterocycles. The molecule has 0 saturated heterocycles. The number of ether oxygens (including phenoxy) is 2. The van der Waals surface area contributed by atoms with Crippen molar-refractivity contribution in [2.24, 2.45) is 0 Å². The van der Waals surface area contributed by atoms with Crippen LogP contribution in [0, 0.1) is 6.92 Å². The van der Waals surface area contributed by atoms with Crippen LogP contribution in [0.1, 0.15) is 17.4 Å². The maximum atomic E-state index is 5.44. The highest BCUT2D eigenvalue weighted by Crippen LogP contribution is 2.29. The Kier molecular flexibility index (Phi) is 4.12. The lowest BCUT2D eigenvalue weighted by atomic mass is 10.1. The van der Waals surface area contributed by atoms with Gasteiger partial charge in [0.1, 0.15) is 12.0 Å². The predicted octanol–water partition coefficient (Wildman–Crippen LogP) is 2.21. The van der Waals surface area contributed by atoms with Gasteiger partial charge in [-0.05, 0) is 33.2 Å². The molecule has 0 N–H and O–H groups in total. The fourth-order valence-corrected chi connectivity index (χ4v) is 1.66. The summed E-state index contributed by atoms with van der Waals surface area (Å²) >= 11 is 0. The van der Waals surface area contributed by atoms with Gasteiger partial charge in [-0.25, -0.2) is 0 Å². The van der Waals surface area contributed by atoms with E-state index in [0.29, 0.717) is 0 Å². The molecule has 0 spiro atoms. The van der Waals surface area contributed by atoms with Crippen molar-refractivity contribution in [3.05, 3.63) is 29.3 Å². The quantitative estimate of drug-likeness (QED) is 0.710. The molecule has 0 bridgehead atoms. The molecule has 84 valence electrons. The fraction of sp³-hybridized carbons (Fsp3) is 0.500. The molecule has 0 aromatic heterocycles. The van der Waals surface area contributed by atoms with Crippen LogP contribution in [0.4, 0.5) is 0 Å². The zero-order chi connectivity index (χ0) is 11.4. The summed E-state index contributed by atoms with van der Waals surface area (Å²) in [7, 11) is 7.34. The Morgan fingerprint density at radius 2 is 1.87 bits per heavy atom. The van der Waals surface area contributed by atoms with Crippen molar-refractivity contribution in [1.29, 1.82) is 0 Å². The number of methoxy groups -OCH3 is 2. The first-order chi connectivity index (χ1) is 7.10. The first kappa shape index (κ1) is 12.0.